The second kappa shape index (κ2) is 5.13. The van der Waals surface area contributed by atoms with E-state index in [1.807, 2.05) is 6.20 Å². The zero-order valence-corrected chi connectivity index (χ0v) is 10.9. The Morgan fingerprint density at radius 3 is 2.82 bits per heavy atom. The number of nitrogens with one attached hydrogen (secondary N) is 1. The van der Waals surface area contributed by atoms with Crippen LogP contribution in [0.1, 0.15) is 10.4 Å². The molecule has 0 atom stereocenters. The smallest absolute Gasteiger partial charge is 0.254 e. The predicted molar refractivity (Wildman–Crippen MR) is 65.5 cm³/mol. The van der Waals surface area contributed by atoms with Gasteiger partial charge in [-0.2, -0.15) is 10.2 Å². The molecule has 0 saturated carbocycles. The Labute approximate surface area is 107 Å². The highest BCUT2D eigenvalue weighted by atomic mass is 79.9. The van der Waals surface area contributed by atoms with E-state index in [0.717, 1.165) is 4.47 Å². The first kappa shape index (κ1) is 11.8. The highest BCUT2D eigenvalue weighted by Gasteiger charge is 2.06. The van der Waals surface area contributed by atoms with Crippen molar-refractivity contribution in [2.75, 3.05) is 6.54 Å². The lowest BCUT2D eigenvalue weighted by Gasteiger charge is -2.03. The molecule has 90 valence electrons. The number of nitrogens with zero attached hydrogens (tertiary/aromatic N) is 4. The molecule has 1 amide bonds. The van der Waals surface area contributed by atoms with Gasteiger partial charge in [-0.1, -0.05) is 0 Å². The van der Waals surface area contributed by atoms with Crippen molar-refractivity contribution < 1.29 is 4.79 Å². The lowest BCUT2D eigenvalue weighted by molar-refractivity contribution is 0.0952. The monoisotopic (exact) mass is 297 g/mol. The second-order valence-electron chi connectivity index (χ2n) is 3.58. The van der Waals surface area contributed by atoms with Gasteiger partial charge in [0.1, 0.15) is 0 Å². The zero-order valence-electron chi connectivity index (χ0n) is 9.30. The number of carbonyl (C=O) groups excluding carboxylic acids is 1. The van der Waals surface area contributed by atoms with Crippen LogP contribution in [0.4, 0.5) is 0 Å². The summed E-state index contributed by atoms with van der Waals surface area (Å²) in [6, 6.07) is 0. The number of hydrogen-bond acceptors (Lipinski definition) is 3. The standard InChI is InChI=1S/C10H12BrN5O/c1-15-6-8(4-13-15)10(17)12-2-3-16-7-9(11)5-14-16/h4-7H,2-3H2,1H3,(H,12,17). The van der Waals surface area contributed by atoms with E-state index in [1.165, 1.54) is 0 Å². The predicted octanol–water partition coefficient (Wildman–Crippen LogP) is 0.809. The third-order valence-corrected chi connectivity index (χ3v) is 2.60. The van der Waals surface area contributed by atoms with Gasteiger partial charge in [-0.05, 0) is 15.9 Å². The molecule has 2 heterocycles. The van der Waals surface area contributed by atoms with Crippen molar-refractivity contribution in [3.63, 3.8) is 0 Å². The Kier molecular flexibility index (Phi) is 3.58. The van der Waals surface area contributed by atoms with Crippen LogP contribution in [0.2, 0.25) is 0 Å². The Hall–Kier alpha value is -1.63. The van der Waals surface area contributed by atoms with Crippen LogP contribution in [0.5, 0.6) is 0 Å². The number of aromatic nitrogens is 4. The van der Waals surface area contributed by atoms with Crippen LogP contribution < -0.4 is 5.32 Å². The lowest BCUT2D eigenvalue weighted by atomic mass is 10.3. The van der Waals surface area contributed by atoms with Gasteiger partial charge in [0, 0.05) is 26.0 Å². The van der Waals surface area contributed by atoms with Gasteiger partial charge in [-0.3, -0.25) is 14.2 Å². The van der Waals surface area contributed by atoms with Gasteiger partial charge in [0.2, 0.25) is 0 Å². The molecule has 1 N–H and O–H groups in total. The van der Waals surface area contributed by atoms with Crippen molar-refractivity contribution in [2.24, 2.45) is 7.05 Å². The van der Waals surface area contributed by atoms with E-state index >= 15 is 0 Å². The van der Waals surface area contributed by atoms with E-state index in [2.05, 4.69) is 31.4 Å². The minimum Gasteiger partial charge on any atom is -0.350 e. The normalized spacial score (nSPS) is 10.5. The first-order valence-electron chi connectivity index (χ1n) is 5.10. The second-order valence-corrected chi connectivity index (χ2v) is 4.50. The molecule has 2 aromatic rings. The Balaban J connectivity index is 1.81. The largest absolute Gasteiger partial charge is 0.350 e. The number of rotatable bonds is 4. The van der Waals surface area contributed by atoms with Crippen LogP contribution >= 0.6 is 15.9 Å². The van der Waals surface area contributed by atoms with E-state index in [4.69, 9.17) is 0 Å². The Bertz CT molecular complexity index is 518. The van der Waals surface area contributed by atoms with Crippen molar-refractivity contribution >= 4 is 21.8 Å². The van der Waals surface area contributed by atoms with E-state index in [0.29, 0.717) is 18.7 Å². The molecule has 0 fully saturated rings. The molecule has 0 aromatic carbocycles. The number of hydrogen-bond donors (Lipinski definition) is 1. The van der Waals surface area contributed by atoms with Crippen molar-refractivity contribution in [3.05, 3.63) is 34.8 Å². The molecular weight excluding hydrogens is 286 g/mol. The molecule has 0 saturated heterocycles. The summed E-state index contributed by atoms with van der Waals surface area (Å²) < 4.78 is 4.28. The van der Waals surface area contributed by atoms with Crippen molar-refractivity contribution in [1.29, 1.82) is 0 Å². The topological polar surface area (TPSA) is 64.7 Å². The van der Waals surface area contributed by atoms with Gasteiger partial charge in [-0.25, -0.2) is 0 Å². The summed E-state index contributed by atoms with van der Waals surface area (Å²) in [5.41, 5.74) is 0.564. The summed E-state index contributed by atoms with van der Waals surface area (Å²) in [4.78, 5) is 11.7. The summed E-state index contributed by atoms with van der Waals surface area (Å²) in [5, 5.41) is 10.8. The quantitative estimate of drug-likeness (QED) is 0.908. The molecule has 0 aliphatic carbocycles. The van der Waals surface area contributed by atoms with E-state index < -0.39 is 0 Å². The van der Waals surface area contributed by atoms with Crippen LogP contribution in [0.25, 0.3) is 0 Å². The third kappa shape index (κ3) is 3.16. The molecule has 0 aliphatic rings. The summed E-state index contributed by atoms with van der Waals surface area (Å²) >= 11 is 3.31. The first-order valence-corrected chi connectivity index (χ1v) is 5.89. The maximum Gasteiger partial charge on any atom is 0.254 e. The van der Waals surface area contributed by atoms with Gasteiger partial charge in [0.15, 0.2) is 0 Å². The number of carbonyl (C=O) groups is 1. The van der Waals surface area contributed by atoms with Crippen molar-refractivity contribution in [2.45, 2.75) is 6.54 Å². The average molecular weight is 298 g/mol. The van der Waals surface area contributed by atoms with Gasteiger partial charge in [0.25, 0.3) is 5.91 Å². The van der Waals surface area contributed by atoms with Crippen LogP contribution in [-0.2, 0) is 13.6 Å². The maximum atomic E-state index is 11.7. The van der Waals surface area contributed by atoms with Crippen LogP contribution in [0, 0.1) is 0 Å². The molecule has 2 aromatic heterocycles. The zero-order chi connectivity index (χ0) is 12.3. The Morgan fingerprint density at radius 1 is 1.41 bits per heavy atom. The lowest BCUT2D eigenvalue weighted by Crippen LogP contribution is -2.27. The summed E-state index contributed by atoms with van der Waals surface area (Å²) in [5.74, 6) is -0.121. The third-order valence-electron chi connectivity index (χ3n) is 2.20. The highest BCUT2D eigenvalue weighted by Crippen LogP contribution is 2.05. The van der Waals surface area contributed by atoms with Gasteiger partial charge < -0.3 is 5.32 Å². The van der Waals surface area contributed by atoms with E-state index in [-0.39, 0.29) is 5.91 Å². The summed E-state index contributed by atoms with van der Waals surface area (Å²) in [6.07, 6.45) is 6.79. The molecule has 17 heavy (non-hydrogen) atoms. The molecule has 6 nitrogen and oxygen atoms in total. The molecule has 2 rings (SSSR count). The molecular formula is C10H12BrN5O. The minimum atomic E-state index is -0.121. The van der Waals surface area contributed by atoms with E-state index in [1.54, 1.807) is 35.0 Å². The summed E-state index contributed by atoms with van der Waals surface area (Å²) in [7, 11) is 1.78. The highest BCUT2D eigenvalue weighted by molar-refractivity contribution is 9.10. The van der Waals surface area contributed by atoms with Crippen molar-refractivity contribution in [1.82, 2.24) is 24.9 Å². The number of amides is 1. The fraction of sp³-hybridized carbons (Fsp3) is 0.300. The fourth-order valence-electron chi connectivity index (χ4n) is 1.39. The minimum absolute atomic E-state index is 0.121. The molecule has 0 bridgehead atoms. The molecule has 0 radical (unpaired) electrons. The van der Waals surface area contributed by atoms with Crippen LogP contribution in [-0.4, -0.2) is 32.0 Å². The van der Waals surface area contributed by atoms with Gasteiger partial charge in [-0.15, -0.1) is 0 Å². The van der Waals surface area contributed by atoms with Crippen LogP contribution in [0.15, 0.2) is 29.3 Å². The molecule has 0 spiro atoms. The van der Waals surface area contributed by atoms with E-state index in [9.17, 15) is 4.79 Å². The fourth-order valence-corrected chi connectivity index (χ4v) is 1.71. The first-order chi connectivity index (χ1) is 8.15. The van der Waals surface area contributed by atoms with Crippen molar-refractivity contribution in [3.8, 4) is 0 Å². The Morgan fingerprint density at radius 2 is 2.24 bits per heavy atom. The maximum absolute atomic E-state index is 11.7. The van der Waals surface area contributed by atoms with Crippen LogP contribution in [0.3, 0.4) is 0 Å². The molecule has 0 aliphatic heterocycles. The van der Waals surface area contributed by atoms with Gasteiger partial charge in [0.05, 0.1) is 29.0 Å². The average Bonchev–Trinajstić information content (AvgIpc) is 2.88. The number of halogens is 1. The van der Waals surface area contributed by atoms with Gasteiger partial charge >= 0.3 is 0 Å². The SMILES string of the molecule is Cn1cc(C(=O)NCCn2cc(Br)cn2)cn1. The molecule has 7 heteroatoms. The summed E-state index contributed by atoms with van der Waals surface area (Å²) in [6.45, 7) is 1.17. The number of aryl methyl sites for hydroxylation is 1. The molecule has 0 unspecified atom stereocenters.